The maximum atomic E-state index is 12.4. The maximum absolute atomic E-state index is 12.4. The monoisotopic (exact) mass is 315 g/mol. The lowest BCUT2D eigenvalue weighted by molar-refractivity contribution is 0.0937. The lowest BCUT2D eigenvalue weighted by atomic mass is 10.2. The van der Waals surface area contributed by atoms with Crippen LogP contribution < -0.4 is 15.4 Å². The molecule has 2 heterocycles. The minimum atomic E-state index is -0.215. The van der Waals surface area contributed by atoms with Gasteiger partial charge in [0.15, 0.2) is 5.82 Å². The van der Waals surface area contributed by atoms with E-state index in [4.69, 9.17) is 4.74 Å². The van der Waals surface area contributed by atoms with E-state index in [2.05, 4.69) is 25.4 Å². The number of carbonyl (C=O) groups is 1. The first-order valence-corrected chi connectivity index (χ1v) is 7.76. The van der Waals surface area contributed by atoms with Crippen molar-refractivity contribution in [1.82, 2.24) is 25.4 Å². The van der Waals surface area contributed by atoms with Gasteiger partial charge in [0.25, 0.3) is 5.91 Å². The minimum Gasteiger partial charge on any atom is -0.497 e. The van der Waals surface area contributed by atoms with E-state index in [1.807, 2.05) is 13.0 Å². The van der Waals surface area contributed by atoms with Crippen LogP contribution in [0.25, 0.3) is 0 Å². The zero-order valence-electron chi connectivity index (χ0n) is 13.4. The SMILES string of the molecule is COc1cccc(C(=O)N[C@@H](C)c2nnc3n2CCNCC3)c1. The molecular formula is C16H21N5O2. The Balaban J connectivity index is 1.75. The topological polar surface area (TPSA) is 81.1 Å². The van der Waals surface area contributed by atoms with Gasteiger partial charge in [-0.1, -0.05) is 6.07 Å². The molecule has 0 saturated carbocycles. The van der Waals surface area contributed by atoms with Crippen molar-refractivity contribution in [2.24, 2.45) is 0 Å². The number of nitrogens with zero attached hydrogens (tertiary/aromatic N) is 3. The van der Waals surface area contributed by atoms with E-state index in [1.165, 1.54) is 0 Å². The molecule has 1 amide bonds. The standard InChI is InChI=1S/C16H21N5O2/c1-11(15-20-19-14-6-7-17-8-9-21(14)15)18-16(22)12-4-3-5-13(10-12)23-2/h3-5,10-11,17H,6-9H2,1-2H3,(H,18,22)/t11-/m0/s1. The smallest absolute Gasteiger partial charge is 0.251 e. The molecule has 23 heavy (non-hydrogen) atoms. The van der Waals surface area contributed by atoms with Gasteiger partial charge in [-0.15, -0.1) is 10.2 Å². The van der Waals surface area contributed by atoms with Crippen LogP contribution in [0.3, 0.4) is 0 Å². The number of aromatic nitrogens is 3. The lowest BCUT2D eigenvalue weighted by Gasteiger charge is -2.15. The quantitative estimate of drug-likeness (QED) is 0.877. The average molecular weight is 315 g/mol. The second-order valence-corrected chi connectivity index (χ2v) is 5.55. The zero-order valence-corrected chi connectivity index (χ0v) is 13.4. The molecule has 0 spiro atoms. The number of methoxy groups -OCH3 is 1. The second-order valence-electron chi connectivity index (χ2n) is 5.55. The summed E-state index contributed by atoms with van der Waals surface area (Å²) in [6, 6.07) is 6.88. The Labute approximate surface area is 135 Å². The summed E-state index contributed by atoms with van der Waals surface area (Å²) in [5.74, 6) is 2.26. The van der Waals surface area contributed by atoms with Crippen molar-refractivity contribution in [3.05, 3.63) is 41.5 Å². The van der Waals surface area contributed by atoms with Crippen LogP contribution in [0.1, 0.15) is 35.0 Å². The van der Waals surface area contributed by atoms with E-state index in [0.29, 0.717) is 11.3 Å². The fourth-order valence-electron chi connectivity index (χ4n) is 2.72. The van der Waals surface area contributed by atoms with E-state index in [9.17, 15) is 4.79 Å². The third-order valence-electron chi connectivity index (χ3n) is 3.96. The van der Waals surface area contributed by atoms with E-state index in [0.717, 1.165) is 37.7 Å². The summed E-state index contributed by atoms with van der Waals surface area (Å²) in [5, 5.41) is 14.8. The van der Waals surface area contributed by atoms with Crippen LogP contribution in [0.15, 0.2) is 24.3 Å². The normalized spacial score (nSPS) is 15.4. The van der Waals surface area contributed by atoms with Crippen molar-refractivity contribution in [3.63, 3.8) is 0 Å². The maximum Gasteiger partial charge on any atom is 0.251 e. The zero-order chi connectivity index (χ0) is 16.2. The Bertz CT molecular complexity index is 698. The summed E-state index contributed by atoms with van der Waals surface area (Å²) in [4.78, 5) is 12.4. The van der Waals surface area contributed by atoms with Crippen LogP contribution in [0.5, 0.6) is 5.75 Å². The number of amides is 1. The average Bonchev–Trinajstić information content (AvgIpc) is 2.83. The fourth-order valence-corrected chi connectivity index (χ4v) is 2.72. The molecule has 0 fully saturated rings. The van der Waals surface area contributed by atoms with Crippen molar-refractivity contribution in [2.45, 2.75) is 25.9 Å². The molecule has 0 saturated heterocycles. The summed E-state index contributed by atoms with van der Waals surface area (Å²) < 4.78 is 7.25. The Morgan fingerprint density at radius 2 is 2.26 bits per heavy atom. The molecule has 0 aliphatic carbocycles. The molecule has 7 nitrogen and oxygen atoms in total. The van der Waals surface area contributed by atoms with E-state index in [1.54, 1.807) is 25.3 Å². The molecule has 1 aliphatic rings. The Kier molecular flexibility index (Phi) is 4.57. The number of benzene rings is 1. The van der Waals surface area contributed by atoms with Gasteiger partial charge in [0.2, 0.25) is 0 Å². The van der Waals surface area contributed by atoms with Crippen molar-refractivity contribution in [1.29, 1.82) is 0 Å². The molecular weight excluding hydrogens is 294 g/mol. The predicted molar refractivity (Wildman–Crippen MR) is 85.5 cm³/mol. The number of hydrogen-bond acceptors (Lipinski definition) is 5. The highest BCUT2D eigenvalue weighted by atomic mass is 16.5. The van der Waals surface area contributed by atoms with Crippen LogP contribution in [-0.4, -0.2) is 40.9 Å². The largest absolute Gasteiger partial charge is 0.497 e. The number of fused-ring (bicyclic) bond motifs is 1. The summed E-state index contributed by atoms with van der Waals surface area (Å²) in [5.41, 5.74) is 0.563. The van der Waals surface area contributed by atoms with Crippen LogP contribution >= 0.6 is 0 Å². The molecule has 3 rings (SSSR count). The fraction of sp³-hybridized carbons (Fsp3) is 0.438. The first kappa shape index (κ1) is 15.5. The van der Waals surface area contributed by atoms with E-state index in [-0.39, 0.29) is 11.9 Å². The Morgan fingerprint density at radius 3 is 3.09 bits per heavy atom. The highest BCUT2D eigenvalue weighted by molar-refractivity contribution is 5.94. The van der Waals surface area contributed by atoms with Crippen molar-refractivity contribution >= 4 is 5.91 Å². The number of carbonyl (C=O) groups excluding carboxylic acids is 1. The summed E-state index contributed by atoms with van der Waals surface area (Å²) in [6.45, 7) is 4.53. The molecule has 122 valence electrons. The van der Waals surface area contributed by atoms with Gasteiger partial charge in [-0.05, 0) is 25.1 Å². The first-order chi connectivity index (χ1) is 11.2. The van der Waals surface area contributed by atoms with Gasteiger partial charge in [0.05, 0.1) is 13.2 Å². The molecule has 1 atom stereocenters. The van der Waals surface area contributed by atoms with Gasteiger partial charge < -0.3 is 19.9 Å². The van der Waals surface area contributed by atoms with Gasteiger partial charge in [-0.2, -0.15) is 0 Å². The highest BCUT2D eigenvalue weighted by Crippen LogP contribution is 2.16. The second kappa shape index (κ2) is 6.78. The molecule has 1 aromatic carbocycles. The van der Waals surface area contributed by atoms with Crippen LogP contribution in [0, 0.1) is 0 Å². The molecule has 1 aliphatic heterocycles. The molecule has 0 bridgehead atoms. The van der Waals surface area contributed by atoms with Crippen LogP contribution in [0.4, 0.5) is 0 Å². The highest BCUT2D eigenvalue weighted by Gasteiger charge is 2.21. The van der Waals surface area contributed by atoms with E-state index >= 15 is 0 Å². The van der Waals surface area contributed by atoms with Gasteiger partial charge in [-0.25, -0.2) is 0 Å². The van der Waals surface area contributed by atoms with Crippen molar-refractivity contribution < 1.29 is 9.53 Å². The van der Waals surface area contributed by atoms with E-state index < -0.39 is 0 Å². The predicted octanol–water partition coefficient (Wildman–Crippen LogP) is 0.923. The minimum absolute atomic E-state index is 0.152. The summed E-state index contributed by atoms with van der Waals surface area (Å²) in [6.07, 6.45) is 0.851. The lowest BCUT2D eigenvalue weighted by Crippen LogP contribution is -2.29. The molecule has 7 heteroatoms. The third-order valence-corrected chi connectivity index (χ3v) is 3.96. The van der Waals surface area contributed by atoms with Crippen LogP contribution in [0.2, 0.25) is 0 Å². The molecule has 0 radical (unpaired) electrons. The number of nitrogens with one attached hydrogen (secondary N) is 2. The Morgan fingerprint density at radius 1 is 1.39 bits per heavy atom. The number of rotatable bonds is 4. The summed E-state index contributed by atoms with van der Waals surface area (Å²) >= 11 is 0. The molecule has 1 aromatic heterocycles. The van der Waals surface area contributed by atoms with Gasteiger partial charge in [0, 0.05) is 31.6 Å². The number of hydrogen-bond donors (Lipinski definition) is 2. The van der Waals surface area contributed by atoms with Gasteiger partial charge in [-0.3, -0.25) is 4.79 Å². The Hall–Kier alpha value is -2.41. The third kappa shape index (κ3) is 3.34. The van der Waals surface area contributed by atoms with Crippen molar-refractivity contribution in [3.8, 4) is 5.75 Å². The number of ether oxygens (including phenoxy) is 1. The van der Waals surface area contributed by atoms with Gasteiger partial charge >= 0.3 is 0 Å². The van der Waals surface area contributed by atoms with Gasteiger partial charge in [0.1, 0.15) is 11.6 Å². The molecule has 0 unspecified atom stereocenters. The first-order valence-electron chi connectivity index (χ1n) is 7.76. The van der Waals surface area contributed by atoms with Crippen molar-refractivity contribution in [2.75, 3.05) is 20.2 Å². The molecule has 2 aromatic rings. The summed E-state index contributed by atoms with van der Waals surface area (Å²) in [7, 11) is 1.58. The molecule has 2 N–H and O–H groups in total. The van der Waals surface area contributed by atoms with Crippen LogP contribution in [-0.2, 0) is 13.0 Å².